The zero-order valence-corrected chi connectivity index (χ0v) is 24.7. The molecule has 2 unspecified atom stereocenters. The van der Waals surface area contributed by atoms with Crippen molar-refractivity contribution in [2.45, 2.75) is 64.1 Å². The molecule has 1 saturated heterocycles. The lowest BCUT2D eigenvalue weighted by molar-refractivity contribution is -0.153. The Morgan fingerprint density at radius 1 is 1.05 bits per heavy atom. The van der Waals surface area contributed by atoms with Gasteiger partial charge >= 0.3 is 5.97 Å². The van der Waals surface area contributed by atoms with E-state index in [-0.39, 0.29) is 42.7 Å². The van der Waals surface area contributed by atoms with E-state index in [1.807, 2.05) is 26.0 Å². The van der Waals surface area contributed by atoms with Crippen LogP contribution < -0.4 is 10.5 Å². The summed E-state index contributed by atoms with van der Waals surface area (Å²) in [7, 11) is 0. The number of benzene rings is 2. The number of fused-ring (bicyclic) bond motifs is 1. The Bertz CT molecular complexity index is 1330. The lowest BCUT2D eigenvalue weighted by Gasteiger charge is -2.33. The van der Waals surface area contributed by atoms with Crippen molar-refractivity contribution in [1.29, 1.82) is 0 Å². The van der Waals surface area contributed by atoms with Crippen LogP contribution in [-0.2, 0) is 38.5 Å². The van der Waals surface area contributed by atoms with Crippen LogP contribution in [0.4, 0.5) is 13.2 Å². The topological polar surface area (TPSA) is 102 Å². The van der Waals surface area contributed by atoms with Crippen LogP contribution >= 0.6 is 11.8 Å². The molecule has 12 heteroatoms. The fourth-order valence-corrected chi connectivity index (χ4v) is 6.34. The summed E-state index contributed by atoms with van der Waals surface area (Å²) < 4.78 is 51.9. The molecule has 0 spiro atoms. The molecule has 2 heterocycles. The first-order valence-electron chi connectivity index (χ1n) is 14.0. The normalized spacial score (nSPS) is 18.0. The minimum Gasteiger partial charge on any atom is -0.478 e. The quantitative estimate of drug-likeness (QED) is 0.324. The van der Waals surface area contributed by atoms with Crippen molar-refractivity contribution in [1.82, 2.24) is 9.80 Å². The third-order valence-corrected chi connectivity index (χ3v) is 8.51. The van der Waals surface area contributed by atoms with E-state index in [9.17, 15) is 27.6 Å². The molecule has 2 aliphatic rings. The number of hydrogen-bond acceptors (Lipinski definition) is 7. The third-order valence-electron chi connectivity index (χ3n) is 7.32. The van der Waals surface area contributed by atoms with E-state index >= 15 is 0 Å². The molecule has 2 aromatic rings. The number of carbonyl (C=O) groups excluding carboxylic acids is 3. The number of nitrogens with zero attached hydrogens (tertiary/aromatic N) is 2. The molecule has 2 aliphatic heterocycles. The fourth-order valence-electron chi connectivity index (χ4n) is 5.12. The minimum absolute atomic E-state index is 0.0793. The number of halogens is 3. The van der Waals surface area contributed by atoms with E-state index in [4.69, 9.17) is 15.2 Å². The molecular formula is C30H36F3N3O5S. The maximum absolute atomic E-state index is 14.0. The fraction of sp³-hybridized carbons (Fsp3) is 0.500. The average molecular weight is 608 g/mol. The van der Waals surface area contributed by atoms with Crippen LogP contribution in [0.1, 0.15) is 43.9 Å². The van der Waals surface area contributed by atoms with Crippen LogP contribution in [0, 0.1) is 23.4 Å². The van der Waals surface area contributed by atoms with Crippen molar-refractivity contribution in [3.05, 3.63) is 64.5 Å². The van der Waals surface area contributed by atoms with Gasteiger partial charge in [0.2, 0.25) is 5.91 Å². The first-order chi connectivity index (χ1) is 20.0. The number of ether oxygens (including phenoxy) is 2. The largest absolute Gasteiger partial charge is 0.478 e. The molecule has 3 atom stereocenters. The van der Waals surface area contributed by atoms with Crippen LogP contribution in [0.25, 0.3) is 0 Å². The highest BCUT2D eigenvalue weighted by atomic mass is 32.2. The van der Waals surface area contributed by atoms with Gasteiger partial charge in [0, 0.05) is 49.8 Å². The van der Waals surface area contributed by atoms with Crippen LogP contribution in [0.15, 0.2) is 30.3 Å². The lowest BCUT2D eigenvalue weighted by atomic mass is 9.99. The van der Waals surface area contributed by atoms with E-state index in [1.54, 1.807) is 17.9 Å². The van der Waals surface area contributed by atoms with E-state index in [2.05, 4.69) is 0 Å². The molecule has 2 N–H and O–H groups in total. The maximum atomic E-state index is 14.0. The minimum atomic E-state index is -1.29. The van der Waals surface area contributed by atoms with E-state index in [0.717, 1.165) is 17.2 Å². The zero-order chi connectivity index (χ0) is 30.6. The highest BCUT2D eigenvalue weighted by Crippen LogP contribution is 2.31. The first-order valence-corrected chi connectivity index (χ1v) is 15.1. The Hall–Kier alpha value is -3.25. The highest BCUT2D eigenvalue weighted by molar-refractivity contribution is 8.00. The second kappa shape index (κ2) is 13.8. The SMILES string of the molecule is CCOC(=O)C(Oc1ccc2c(c1)CCN(C(=O)C1SCCN1C(=O)C[C@H](N)Cc1cc(F)c(F)cc1F)C2)C(C)C. The van der Waals surface area contributed by atoms with Gasteiger partial charge < -0.3 is 25.0 Å². The summed E-state index contributed by atoms with van der Waals surface area (Å²) in [5, 5.41) is -0.703. The summed E-state index contributed by atoms with van der Waals surface area (Å²) in [5.74, 6) is -3.29. The predicted octanol–water partition coefficient (Wildman–Crippen LogP) is 3.82. The van der Waals surface area contributed by atoms with Gasteiger partial charge in [-0.25, -0.2) is 18.0 Å². The third kappa shape index (κ3) is 7.38. The molecule has 228 valence electrons. The number of rotatable bonds is 10. The van der Waals surface area contributed by atoms with Gasteiger partial charge in [-0.15, -0.1) is 11.8 Å². The predicted molar refractivity (Wildman–Crippen MR) is 152 cm³/mol. The van der Waals surface area contributed by atoms with Gasteiger partial charge in [-0.2, -0.15) is 0 Å². The monoisotopic (exact) mass is 607 g/mol. The van der Waals surface area contributed by atoms with Crippen LogP contribution in [0.3, 0.4) is 0 Å². The number of hydrogen-bond donors (Lipinski definition) is 1. The summed E-state index contributed by atoms with van der Waals surface area (Å²) >= 11 is 1.38. The molecule has 2 aromatic carbocycles. The van der Waals surface area contributed by atoms with E-state index in [1.165, 1.54) is 16.7 Å². The molecule has 0 bridgehead atoms. The van der Waals surface area contributed by atoms with Crippen molar-refractivity contribution in [3.8, 4) is 5.75 Å². The van der Waals surface area contributed by atoms with Crippen LogP contribution in [0.5, 0.6) is 5.75 Å². The Morgan fingerprint density at radius 2 is 1.79 bits per heavy atom. The maximum Gasteiger partial charge on any atom is 0.347 e. The van der Waals surface area contributed by atoms with Crippen molar-refractivity contribution in [2.75, 3.05) is 25.4 Å². The number of esters is 1. The zero-order valence-electron chi connectivity index (χ0n) is 23.9. The number of thioether (sulfide) groups is 1. The molecule has 8 nitrogen and oxygen atoms in total. The summed E-state index contributed by atoms with van der Waals surface area (Å²) in [4.78, 5) is 42.1. The standard InChI is InChI=1S/C30H36F3N3O5S/c1-4-40-30(39)27(17(2)3)41-22-6-5-19-16-35(8-7-18(19)12-22)28(38)29-36(9-10-42-29)26(37)14-21(34)11-20-13-24(32)25(33)15-23(20)31/h5-6,12-13,15,17,21,27,29H,4,7-11,14,16,34H2,1-3H3/t21-,27?,29?/m1/s1. The first kappa shape index (κ1) is 31.7. The Labute approximate surface area is 247 Å². The number of nitrogens with two attached hydrogens (primary N) is 1. The lowest BCUT2D eigenvalue weighted by Crippen LogP contribution is -2.49. The van der Waals surface area contributed by atoms with Gasteiger partial charge in [0.15, 0.2) is 23.1 Å². The van der Waals surface area contributed by atoms with Gasteiger partial charge in [-0.3, -0.25) is 9.59 Å². The second-order valence-corrected chi connectivity index (χ2v) is 12.0. The molecule has 0 aromatic heterocycles. The molecule has 2 amide bonds. The van der Waals surface area contributed by atoms with Crippen LogP contribution in [0.2, 0.25) is 0 Å². The molecular weight excluding hydrogens is 571 g/mol. The van der Waals surface area contributed by atoms with Crippen molar-refractivity contribution >= 4 is 29.5 Å². The van der Waals surface area contributed by atoms with Crippen LogP contribution in [-0.4, -0.2) is 70.6 Å². The Balaban J connectivity index is 1.36. The number of amides is 2. The molecule has 0 radical (unpaired) electrons. The van der Waals surface area contributed by atoms with Gasteiger partial charge in [0.1, 0.15) is 11.6 Å². The smallest absolute Gasteiger partial charge is 0.347 e. The van der Waals surface area contributed by atoms with Crippen molar-refractivity contribution < 1.29 is 37.0 Å². The van der Waals surface area contributed by atoms with Gasteiger partial charge in [0.25, 0.3) is 5.91 Å². The summed E-state index contributed by atoms with van der Waals surface area (Å²) in [6.07, 6.45) is -0.463. The van der Waals surface area contributed by atoms with Gasteiger partial charge in [-0.05, 0) is 54.7 Å². The van der Waals surface area contributed by atoms with E-state index < -0.39 is 40.9 Å². The number of carbonyl (C=O) groups is 3. The molecule has 0 aliphatic carbocycles. The second-order valence-electron chi connectivity index (χ2n) is 10.8. The molecule has 1 fully saturated rings. The Morgan fingerprint density at radius 3 is 2.50 bits per heavy atom. The van der Waals surface area contributed by atoms with E-state index in [0.29, 0.717) is 43.6 Å². The molecule has 0 saturated carbocycles. The van der Waals surface area contributed by atoms with Crippen molar-refractivity contribution in [2.24, 2.45) is 11.7 Å². The Kier molecular flexibility index (Phi) is 10.4. The highest BCUT2D eigenvalue weighted by Gasteiger charge is 2.38. The van der Waals surface area contributed by atoms with Gasteiger partial charge in [0.05, 0.1) is 6.61 Å². The molecule has 42 heavy (non-hydrogen) atoms. The summed E-state index contributed by atoms with van der Waals surface area (Å²) in [6, 6.07) is 5.92. The van der Waals surface area contributed by atoms with Crippen molar-refractivity contribution in [3.63, 3.8) is 0 Å². The van der Waals surface area contributed by atoms with Gasteiger partial charge in [-0.1, -0.05) is 19.9 Å². The molecule has 4 rings (SSSR count). The average Bonchev–Trinajstić information content (AvgIpc) is 3.44. The summed E-state index contributed by atoms with van der Waals surface area (Å²) in [6.45, 7) is 6.98. The summed E-state index contributed by atoms with van der Waals surface area (Å²) in [5.41, 5.74) is 7.93.